The van der Waals surface area contributed by atoms with Gasteiger partial charge >= 0.3 is 5.97 Å². The Morgan fingerprint density at radius 1 is 1.10 bits per heavy atom. The van der Waals surface area contributed by atoms with Crippen LogP contribution in [0.1, 0.15) is 29.8 Å². The number of carbonyl (C=O) groups is 2. The number of esters is 1. The van der Waals surface area contributed by atoms with E-state index in [2.05, 4.69) is 5.32 Å². The predicted octanol–water partition coefficient (Wildman–Crippen LogP) is 3.39. The third kappa shape index (κ3) is 5.28. The first-order valence-corrected chi connectivity index (χ1v) is 9.20. The minimum absolute atomic E-state index is 0.0327. The Balaban J connectivity index is 1.83. The summed E-state index contributed by atoms with van der Waals surface area (Å²) in [5, 5.41) is 2.65. The van der Waals surface area contributed by atoms with E-state index in [1.165, 1.54) is 0 Å². The van der Waals surface area contributed by atoms with Crippen molar-refractivity contribution in [3.63, 3.8) is 0 Å². The molecule has 1 amide bonds. The second-order valence-corrected chi connectivity index (χ2v) is 6.85. The smallest absolute Gasteiger partial charge is 0.354 e. The second-order valence-electron chi connectivity index (χ2n) is 6.85. The van der Waals surface area contributed by atoms with Crippen LogP contribution in [-0.4, -0.2) is 32.4 Å². The van der Waals surface area contributed by atoms with Crippen molar-refractivity contribution in [2.45, 2.75) is 13.8 Å². The lowest BCUT2D eigenvalue weighted by Crippen LogP contribution is -2.29. The Morgan fingerprint density at radius 3 is 2.52 bits per heavy atom. The van der Waals surface area contributed by atoms with E-state index in [0.29, 0.717) is 28.4 Å². The molecule has 7 heteroatoms. The maximum atomic E-state index is 12.6. The molecule has 0 spiro atoms. The lowest BCUT2D eigenvalue weighted by molar-refractivity contribution is -0.140. The molecule has 0 aliphatic carbocycles. The molecule has 0 atom stereocenters. The van der Waals surface area contributed by atoms with Crippen LogP contribution in [-0.2, 0) is 9.53 Å². The number of fused-ring (bicyclic) bond motifs is 1. The van der Waals surface area contributed by atoms with Crippen molar-refractivity contribution in [3.05, 3.63) is 59.3 Å². The number of hydrogen-bond acceptors (Lipinski definition) is 6. The van der Waals surface area contributed by atoms with Crippen molar-refractivity contribution in [2.24, 2.45) is 5.92 Å². The summed E-state index contributed by atoms with van der Waals surface area (Å²) in [4.78, 5) is 25.2. The number of hydrogen-bond donors (Lipinski definition) is 1. The quantitative estimate of drug-likeness (QED) is 0.570. The zero-order valence-corrected chi connectivity index (χ0v) is 16.6. The van der Waals surface area contributed by atoms with E-state index in [0.717, 1.165) is 0 Å². The summed E-state index contributed by atoms with van der Waals surface area (Å²) in [6.45, 7) is 4.27. The number of nitrogens with one attached hydrogen (secondary N) is 1. The standard InChI is InChI=1S/C22H23NO6/c1-14(2)12-27-22(25)18(10-15-4-9-19-20(11-15)29-13-28-19)23-21(24)16-5-7-17(26-3)8-6-16/h4-11,14H,12-13H2,1-3H3,(H,23,24)/b18-10+. The van der Waals surface area contributed by atoms with Crippen molar-refractivity contribution in [1.82, 2.24) is 5.32 Å². The molecule has 1 aliphatic heterocycles. The Kier molecular flexibility index (Phi) is 6.39. The summed E-state index contributed by atoms with van der Waals surface area (Å²) in [6.07, 6.45) is 1.55. The number of amides is 1. The highest BCUT2D eigenvalue weighted by atomic mass is 16.7. The molecule has 1 aliphatic rings. The van der Waals surface area contributed by atoms with E-state index in [4.69, 9.17) is 18.9 Å². The van der Waals surface area contributed by atoms with Crippen LogP contribution in [0.15, 0.2) is 48.2 Å². The summed E-state index contributed by atoms with van der Waals surface area (Å²) in [6, 6.07) is 11.8. The topological polar surface area (TPSA) is 83.1 Å². The van der Waals surface area contributed by atoms with Crippen LogP contribution in [0.25, 0.3) is 6.08 Å². The van der Waals surface area contributed by atoms with Crippen molar-refractivity contribution < 1.29 is 28.5 Å². The van der Waals surface area contributed by atoms with Gasteiger partial charge in [-0.2, -0.15) is 0 Å². The van der Waals surface area contributed by atoms with E-state index in [9.17, 15) is 9.59 Å². The second kappa shape index (κ2) is 9.14. The van der Waals surface area contributed by atoms with Crippen LogP contribution in [0.5, 0.6) is 17.2 Å². The minimum atomic E-state index is -0.613. The maximum Gasteiger partial charge on any atom is 0.354 e. The molecule has 0 saturated heterocycles. The van der Waals surface area contributed by atoms with Gasteiger partial charge in [-0.05, 0) is 54.0 Å². The molecule has 152 valence electrons. The minimum Gasteiger partial charge on any atom is -0.497 e. The van der Waals surface area contributed by atoms with Gasteiger partial charge < -0.3 is 24.3 Å². The molecule has 29 heavy (non-hydrogen) atoms. The third-order valence-electron chi connectivity index (χ3n) is 4.08. The van der Waals surface area contributed by atoms with Crippen LogP contribution in [0.2, 0.25) is 0 Å². The number of carbonyl (C=O) groups excluding carboxylic acids is 2. The summed E-state index contributed by atoms with van der Waals surface area (Å²) < 4.78 is 21.1. The third-order valence-corrected chi connectivity index (χ3v) is 4.08. The summed E-state index contributed by atoms with van der Waals surface area (Å²) in [5.74, 6) is 0.972. The van der Waals surface area contributed by atoms with Crippen molar-refractivity contribution in [2.75, 3.05) is 20.5 Å². The van der Waals surface area contributed by atoms with Gasteiger partial charge in [-0.1, -0.05) is 19.9 Å². The molecule has 2 aromatic rings. The summed E-state index contributed by atoms with van der Waals surface area (Å²) in [5.41, 5.74) is 1.09. The zero-order chi connectivity index (χ0) is 20.8. The molecular weight excluding hydrogens is 374 g/mol. The van der Waals surface area contributed by atoms with Gasteiger partial charge in [-0.15, -0.1) is 0 Å². The molecule has 0 fully saturated rings. The Hall–Kier alpha value is -3.48. The van der Waals surface area contributed by atoms with Crippen LogP contribution in [0, 0.1) is 5.92 Å². The lowest BCUT2D eigenvalue weighted by atomic mass is 10.1. The van der Waals surface area contributed by atoms with E-state index in [-0.39, 0.29) is 25.0 Å². The monoisotopic (exact) mass is 397 g/mol. The first-order valence-electron chi connectivity index (χ1n) is 9.20. The average molecular weight is 397 g/mol. The van der Waals surface area contributed by atoms with Gasteiger partial charge in [0.25, 0.3) is 5.91 Å². The van der Waals surface area contributed by atoms with Crippen LogP contribution in [0.4, 0.5) is 0 Å². The first-order chi connectivity index (χ1) is 14.0. The fourth-order valence-corrected chi connectivity index (χ4v) is 2.57. The number of ether oxygens (including phenoxy) is 4. The summed E-state index contributed by atoms with van der Waals surface area (Å²) >= 11 is 0. The average Bonchev–Trinajstić information content (AvgIpc) is 3.19. The van der Waals surface area contributed by atoms with Crippen LogP contribution in [0.3, 0.4) is 0 Å². The van der Waals surface area contributed by atoms with E-state index >= 15 is 0 Å². The molecular formula is C22H23NO6. The van der Waals surface area contributed by atoms with Gasteiger partial charge in [0, 0.05) is 5.56 Å². The van der Waals surface area contributed by atoms with Crippen molar-refractivity contribution >= 4 is 18.0 Å². The molecule has 2 aromatic carbocycles. The van der Waals surface area contributed by atoms with Gasteiger partial charge in [0.2, 0.25) is 6.79 Å². The highest BCUT2D eigenvalue weighted by Gasteiger charge is 2.18. The van der Waals surface area contributed by atoms with Crippen LogP contribution < -0.4 is 19.5 Å². The first kappa shape index (κ1) is 20.3. The van der Waals surface area contributed by atoms with E-state index in [1.54, 1.807) is 55.7 Å². The number of benzene rings is 2. The number of rotatable bonds is 7. The highest BCUT2D eigenvalue weighted by molar-refractivity contribution is 6.03. The van der Waals surface area contributed by atoms with E-state index in [1.807, 2.05) is 13.8 Å². The molecule has 1 N–H and O–H groups in total. The normalized spacial score (nSPS) is 12.6. The van der Waals surface area contributed by atoms with Gasteiger partial charge in [-0.3, -0.25) is 4.79 Å². The van der Waals surface area contributed by atoms with Gasteiger partial charge in [0.15, 0.2) is 11.5 Å². The molecule has 7 nitrogen and oxygen atoms in total. The molecule has 0 saturated carbocycles. The Labute approximate surface area is 169 Å². The largest absolute Gasteiger partial charge is 0.497 e. The molecule has 1 heterocycles. The molecule has 0 radical (unpaired) electrons. The number of methoxy groups -OCH3 is 1. The SMILES string of the molecule is COc1ccc(C(=O)N/C(=C/c2ccc3c(c2)OCO3)C(=O)OCC(C)C)cc1. The van der Waals surface area contributed by atoms with Gasteiger partial charge in [0.05, 0.1) is 13.7 Å². The maximum absolute atomic E-state index is 12.6. The molecule has 0 unspecified atom stereocenters. The predicted molar refractivity (Wildman–Crippen MR) is 107 cm³/mol. The summed E-state index contributed by atoms with van der Waals surface area (Å²) in [7, 11) is 1.55. The Morgan fingerprint density at radius 2 is 1.83 bits per heavy atom. The van der Waals surface area contributed by atoms with Crippen LogP contribution >= 0.6 is 0 Å². The van der Waals surface area contributed by atoms with Gasteiger partial charge in [-0.25, -0.2) is 4.79 Å². The van der Waals surface area contributed by atoms with E-state index < -0.39 is 11.9 Å². The van der Waals surface area contributed by atoms with Crippen molar-refractivity contribution in [1.29, 1.82) is 0 Å². The lowest BCUT2D eigenvalue weighted by Gasteiger charge is -2.12. The zero-order valence-electron chi connectivity index (χ0n) is 16.6. The highest BCUT2D eigenvalue weighted by Crippen LogP contribution is 2.33. The van der Waals surface area contributed by atoms with Gasteiger partial charge in [0.1, 0.15) is 11.4 Å². The Bertz CT molecular complexity index is 917. The molecule has 0 bridgehead atoms. The van der Waals surface area contributed by atoms with Crippen molar-refractivity contribution in [3.8, 4) is 17.2 Å². The fraction of sp³-hybridized carbons (Fsp3) is 0.273. The fourth-order valence-electron chi connectivity index (χ4n) is 2.57. The molecule has 0 aromatic heterocycles. The molecule has 3 rings (SSSR count).